The van der Waals surface area contributed by atoms with Crippen LogP contribution in [0.5, 0.6) is 0 Å². The average Bonchev–Trinajstić information content (AvgIpc) is 2.82. The minimum absolute atomic E-state index is 0.187. The van der Waals surface area contributed by atoms with Crippen molar-refractivity contribution in [1.82, 2.24) is 5.32 Å². The topological polar surface area (TPSA) is 96.5 Å². The van der Waals surface area contributed by atoms with Gasteiger partial charge in [-0.1, -0.05) is 62.4 Å². The Hall–Kier alpha value is -4.13. The second-order valence-electron chi connectivity index (χ2n) is 7.87. The van der Waals surface area contributed by atoms with Gasteiger partial charge in [0.05, 0.1) is 13.2 Å². The third-order valence-electron chi connectivity index (χ3n) is 4.60. The van der Waals surface area contributed by atoms with Gasteiger partial charge in [0.2, 0.25) is 5.91 Å². The summed E-state index contributed by atoms with van der Waals surface area (Å²) < 4.78 is 5.08. The van der Waals surface area contributed by atoms with Crippen LogP contribution >= 0.6 is 0 Å². The molecule has 0 saturated heterocycles. The molecule has 0 radical (unpaired) electrons. The molecule has 0 fully saturated rings. The third-order valence-corrected chi connectivity index (χ3v) is 4.60. The number of anilines is 2. The highest BCUT2D eigenvalue weighted by atomic mass is 16.5. The monoisotopic (exact) mass is 445 g/mol. The molecule has 7 heteroatoms. The molecule has 3 N–H and O–H groups in total. The predicted molar refractivity (Wildman–Crippen MR) is 129 cm³/mol. The lowest BCUT2D eigenvalue weighted by molar-refractivity contribution is -0.115. The molecule has 3 aromatic carbocycles. The second-order valence-corrected chi connectivity index (χ2v) is 7.87. The Labute approximate surface area is 193 Å². The summed E-state index contributed by atoms with van der Waals surface area (Å²) in [5.41, 5.74) is 3.51. The highest BCUT2D eigenvalue weighted by Gasteiger charge is 2.10. The molecule has 0 unspecified atom stereocenters. The van der Waals surface area contributed by atoms with Crippen molar-refractivity contribution in [2.24, 2.45) is 5.92 Å². The zero-order valence-corrected chi connectivity index (χ0v) is 18.6. The molecule has 0 aliphatic rings. The van der Waals surface area contributed by atoms with Gasteiger partial charge in [0.1, 0.15) is 0 Å². The minimum atomic E-state index is -0.558. The lowest BCUT2D eigenvalue weighted by Gasteiger charge is -2.11. The van der Waals surface area contributed by atoms with E-state index in [-0.39, 0.29) is 24.3 Å². The van der Waals surface area contributed by atoms with E-state index in [2.05, 4.69) is 16.0 Å². The molecule has 0 saturated carbocycles. The molecule has 3 aromatic rings. The van der Waals surface area contributed by atoms with Crippen molar-refractivity contribution >= 4 is 29.3 Å². The lowest BCUT2D eigenvalue weighted by Crippen LogP contribution is -2.32. The van der Waals surface area contributed by atoms with Crippen LogP contribution in [0.1, 0.15) is 24.2 Å². The maximum atomic E-state index is 12.4. The van der Waals surface area contributed by atoms with Crippen LogP contribution in [0.4, 0.5) is 16.2 Å². The fraction of sp³-hybridized carbons (Fsp3) is 0.192. The van der Waals surface area contributed by atoms with Gasteiger partial charge in [-0.15, -0.1) is 0 Å². The average molecular weight is 446 g/mol. The molecule has 3 rings (SSSR count). The molecule has 33 heavy (non-hydrogen) atoms. The minimum Gasteiger partial charge on any atom is -0.449 e. The Morgan fingerprint density at radius 1 is 0.788 bits per heavy atom. The number of amides is 3. The number of carbonyl (C=O) groups excluding carboxylic acids is 3. The van der Waals surface area contributed by atoms with Crippen LogP contribution in [0.3, 0.4) is 0 Å². The van der Waals surface area contributed by atoms with E-state index < -0.39 is 6.09 Å². The molecule has 7 nitrogen and oxygen atoms in total. The zero-order chi connectivity index (χ0) is 23.6. The van der Waals surface area contributed by atoms with Crippen molar-refractivity contribution in [3.05, 3.63) is 84.4 Å². The van der Waals surface area contributed by atoms with Crippen LogP contribution in [0.2, 0.25) is 0 Å². The predicted octanol–water partition coefficient (Wildman–Crippen LogP) is 4.93. The van der Waals surface area contributed by atoms with Crippen molar-refractivity contribution in [2.75, 3.05) is 23.8 Å². The molecule has 0 spiro atoms. The Morgan fingerprint density at radius 2 is 1.42 bits per heavy atom. The van der Waals surface area contributed by atoms with Crippen LogP contribution < -0.4 is 16.0 Å². The van der Waals surface area contributed by atoms with Crippen LogP contribution in [-0.4, -0.2) is 31.1 Å². The zero-order valence-electron chi connectivity index (χ0n) is 18.6. The first-order valence-corrected chi connectivity index (χ1v) is 10.7. The molecular weight excluding hydrogens is 418 g/mol. The SMILES string of the molecule is CC(C)COC(=O)Nc1cccc(NC(=O)CNC(=O)c2ccc(-c3ccccc3)cc2)c1. The van der Waals surface area contributed by atoms with Crippen molar-refractivity contribution in [1.29, 1.82) is 0 Å². The van der Waals surface area contributed by atoms with Gasteiger partial charge in [-0.25, -0.2) is 4.79 Å². The number of benzene rings is 3. The Bertz CT molecular complexity index is 1100. The van der Waals surface area contributed by atoms with Crippen molar-refractivity contribution < 1.29 is 19.1 Å². The van der Waals surface area contributed by atoms with Crippen molar-refractivity contribution in [3.63, 3.8) is 0 Å². The number of hydrogen-bond acceptors (Lipinski definition) is 4. The first kappa shape index (κ1) is 23.5. The van der Waals surface area contributed by atoms with E-state index in [4.69, 9.17) is 4.74 Å². The summed E-state index contributed by atoms with van der Waals surface area (Å²) in [6.45, 7) is 4.02. The van der Waals surface area contributed by atoms with E-state index in [1.165, 1.54) is 0 Å². The smallest absolute Gasteiger partial charge is 0.411 e. The number of carbonyl (C=O) groups is 3. The van der Waals surface area contributed by atoms with Crippen LogP contribution in [0.25, 0.3) is 11.1 Å². The molecule has 0 bridgehead atoms. The van der Waals surface area contributed by atoms with E-state index in [1.54, 1.807) is 36.4 Å². The van der Waals surface area contributed by atoms with Gasteiger partial charge in [0, 0.05) is 16.9 Å². The summed E-state index contributed by atoms with van der Waals surface area (Å²) in [6.07, 6.45) is -0.558. The Morgan fingerprint density at radius 3 is 2.09 bits per heavy atom. The third kappa shape index (κ3) is 7.50. The number of rotatable bonds is 8. The highest BCUT2D eigenvalue weighted by Crippen LogP contribution is 2.19. The molecule has 3 amide bonds. The number of ether oxygens (including phenoxy) is 1. The molecule has 0 aliphatic heterocycles. The quantitative estimate of drug-likeness (QED) is 0.458. The summed E-state index contributed by atoms with van der Waals surface area (Å²) in [6, 6.07) is 23.7. The Kier molecular flexibility index (Phi) is 8.18. The molecule has 0 heterocycles. The number of nitrogens with one attached hydrogen (secondary N) is 3. The van der Waals surface area contributed by atoms with E-state index in [0.717, 1.165) is 11.1 Å². The standard InChI is InChI=1S/C26H27N3O4/c1-18(2)17-33-26(32)29-23-10-6-9-22(15-23)28-24(30)16-27-25(31)21-13-11-20(12-14-21)19-7-4-3-5-8-19/h3-15,18H,16-17H2,1-2H3,(H,27,31)(H,28,30)(H,29,32). The van der Waals surface area contributed by atoms with Gasteiger partial charge in [0.25, 0.3) is 5.91 Å². The van der Waals surface area contributed by atoms with Gasteiger partial charge < -0.3 is 15.4 Å². The van der Waals surface area contributed by atoms with Gasteiger partial charge in [-0.3, -0.25) is 14.9 Å². The van der Waals surface area contributed by atoms with Crippen LogP contribution in [0, 0.1) is 5.92 Å². The number of hydrogen-bond donors (Lipinski definition) is 3. The van der Waals surface area contributed by atoms with Gasteiger partial charge in [0.15, 0.2) is 0 Å². The Balaban J connectivity index is 1.49. The molecule has 0 aliphatic carbocycles. The van der Waals surface area contributed by atoms with Crippen molar-refractivity contribution in [3.8, 4) is 11.1 Å². The first-order chi connectivity index (χ1) is 15.9. The maximum absolute atomic E-state index is 12.4. The lowest BCUT2D eigenvalue weighted by atomic mass is 10.0. The van der Waals surface area contributed by atoms with Crippen molar-refractivity contribution in [2.45, 2.75) is 13.8 Å². The summed E-state index contributed by atoms with van der Waals surface area (Å²) in [5, 5.41) is 7.93. The van der Waals surface area contributed by atoms with E-state index >= 15 is 0 Å². The molecule has 0 atom stereocenters. The summed E-state index contributed by atoms with van der Waals surface area (Å²) in [4.78, 5) is 36.4. The molecule has 170 valence electrons. The fourth-order valence-corrected chi connectivity index (χ4v) is 2.98. The normalized spacial score (nSPS) is 10.4. The van der Waals surface area contributed by atoms with E-state index in [0.29, 0.717) is 23.5 Å². The fourth-order valence-electron chi connectivity index (χ4n) is 2.98. The summed E-state index contributed by atoms with van der Waals surface area (Å²) >= 11 is 0. The van der Waals surface area contributed by atoms with Crippen LogP contribution in [-0.2, 0) is 9.53 Å². The highest BCUT2D eigenvalue weighted by molar-refractivity contribution is 5.99. The van der Waals surface area contributed by atoms with E-state index in [9.17, 15) is 14.4 Å². The molecule has 0 aromatic heterocycles. The first-order valence-electron chi connectivity index (χ1n) is 10.7. The van der Waals surface area contributed by atoms with Gasteiger partial charge in [-0.05, 0) is 47.4 Å². The molecular formula is C26H27N3O4. The second kappa shape index (κ2) is 11.5. The van der Waals surface area contributed by atoms with Gasteiger partial charge >= 0.3 is 6.09 Å². The van der Waals surface area contributed by atoms with E-state index in [1.807, 2.05) is 56.3 Å². The maximum Gasteiger partial charge on any atom is 0.411 e. The largest absolute Gasteiger partial charge is 0.449 e. The summed E-state index contributed by atoms with van der Waals surface area (Å²) in [7, 11) is 0. The van der Waals surface area contributed by atoms with Crippen LogP contribution in [0.15, 0.2) is 78.9 Å². The van der Waals surface area contributed by atoms with Gasteiger partial charge in [-0.2, -0.15) is 0 Å². The summed E-state index contributed by atoms with van der Waals surface area (Å²) in [5.74, 6) is -0.491.